The number of esters is 2. The molecule has 0 fully saturated rings. The van der Waals surface area contributed by atoms with Crippen LogP contribution in [0.1, 0.15) is 37.5 Å². The number of nitrogens with one attached hydrogen (secondary N) is 2. The van der Waals surface area contributed by atoms with E-state index in [0.717, 1.165) is 0 Å². The van der Waals surface area contributed by atoms with Crippen LogP contribution in [0, 0.1) is 0 Å². The molecule has 33 heavy (non-hydrogen) atoms. The number of rotatable bonds is 8. The fourth-order valence-electron chi connectivity index (χ4n) is 2.99. The fourth-order valence-corrected chi connectivity index (χ4v) is 2.99. The van der Waals surface area contributed by atoms with Crippen LogP contribution < -0.4 is 10.6 Å². The molecular formula is C23H22N4O6. The minimum absolute atomic E-state index is 0.0783. The minimum atomic E-state index is -0.670. The van der Waals surface area contributed by atoms with Gasteiger partial charge in [-0.05, 0) is 36.4 Å². The summed E-state index contributed by atoms with van der Waals surface area (Å²) in [6.07, 6.45) is 5.26. The second-order valence-electron chi connectivity index (χ2n) is 6.92. The van der Waals surface area contributed by atoms with E-state index in [1.54, 1.807) is 41.5 Å². The number of carbonyl (C=O) groups is 4. The zero-order valence-corrected chi connectivity index (χ0v) is 18.0. The highest BCUT2D eigenvalue weighted by molar-refractivity contribution is 6.07. The van der Waals surface area contributed by atoms with Crippen LogP contribution in [0.25, 0.3) is 0 Å². The molecule has 0 aliphatic heterocycles. The van der Waals surface area contributed by atoms with Crippen LogP contribution in [0.15, 0.2) is 61.2 Å². The van der Waals surface area contributed by atoms with Crippen LogP contribution in [0.2, 0.25) is 0 Å². The van der Waals surface area contributed by atoms with Gasteiger partial charge in [0.2, 0.25) is 5.91 Å². The van der Waals surface area contributed by atoms with Crippen LogP contribution in [-0.2, 0) is 20.8 Å². The number of ether oxygens (including phenoxy) is 2. The van der Waals surface area contributed by atoms with Gasteiger partial charge in [0.15, 0.2) is 0 Å². The lowest BCUT2D eigenvalue weighted by atomic mass is 10.1. The third-order valence-corrected chi connectivity index (χ3v) is 4.60. The third-order valence-electron chi connectivity index (χ3n) is 4.60. The van der Waals surface area contributed by atoms with Crippen LogP contribution in [0.3, 0.4) is 0 Å². The number of nitrogens with zero attached hydrogens (tertiary/aromatic N) is 2. The predicted octanol–water partition coefficient (Wildman–Crippen LogP) is 2.74. The van der Waals surface area contributed by atoms with Crippen molar-refractivity contribution in [3.8, 4) is 0 Å². The number of hydrogen-bond acceptors (Lipinski definition) is 7. The molecule has 10 nitrogen and oxygen atoms in total. The molecular weight excluding hydrogens is 428 g/mol. The van der Waals surface area contributed by atoms with Crippen molar-refractivity contribution < 1.29 is 28.7 Å². The van der Waals surface area contributed by atoms with Gasteiger partial charge in [0, 0.05) is 42.3 Å². The molecule has 0 saturated heterocycles. The van der Waals surface area contributed by atoms with Crippen molar-refractivity contribution in [2.24, 2.45) is 0 Å². The van der Waals surface area contributed by atoms with Crippen molar-refractivity contribution in [3.05, 3.63) is 77.9 Å². The Balaban J connectivity index is 1.71. The van der Waals surface area contributed by atoms with Crippen molar-refractivity contribution >= 4 is 35.1 Å². The smallest absolute Gasteiger partial charge is 0.337 e. The summed E-state index contributed by atoms with van der Waals surface area (Å²) in [5.41, 5.74) is 1.09. The zero-order chi connectivity index (χ0) is 23.8. The van der Waals surface area contributed by atoms with Gasteiger partial charge in [-0.1, -0.05) is 6.07 Å². The molecule has 2 amide bonds. The maximum atomic E-state index is 12.8. The monoisotopic (exact) mass is 450 g/mol. The number of amides is 2. The van der Waals surface area contributed by atoms with E-state index in [9.17, 15) is 19.2 Å². The van der Waals surface area contributed by atoms with Gasteiger partial charge >= 0.3 is 11.9 Å². The molecule has 1 heterocycles. The topological polar surface area (TPSA) is 129 Å². The SMILES string of the molecule is COC(=O)c1cc(NC(=O)c2cccc(NC(=O)CCn3ccnc3)c2)cc(C(=O)OC)c1. The largest absolute Gasteiger partial charge is 0.465 e. The van der Waals surface area contributed by atoms with E-state index in [-0.39, 0.29) is 34.7 Å². The summed E-state index contributed by atoms with van der Waals surface area (Å²) in [5.74, 6) is -2.05. The van der Waals surface area contributed by atoms with Crippen molar-refractivity contribution in [2.75, 3.05) is 24.9 Å². The van der Waals surface area contributed by atoms with Gasteiger partial charge in [0.05, 0.1) is 31.7 Å². The molecule has 170 valence electrons. The number of benzene rings is 2. The van der Waals surface area contributed by atoms with Gasteiger partial charge in [-0.3, -0.25) is 9.59 Å². The fraction of sp³-hybridized carbons (Fsp3) is 0.174. The molecule has 3 aromatic rings. The van der Waals surface area contributed by atoms with Gasteiger partial charge in [-0.2, -0.15) is 0 Å². The number of imidazole rings is 1. The summed E-state index contributed by atoms with van der Waals surface area (Å²) in [7, 11) is 2.42. The van der Waals surface area contributed by atoms with E-state index in [4.69, 9.17) is 9.47 Å². The van der Waals surface area contributed by atoms with E-state index in [1.807, 2.05) is 0 Å². The normalized spacial score (nSPS) is 10.2. The highest BCUT2D eigenvalue weighted by Crippen LogP contribution is 2.19. The summed E-state index contributed by atoms with van der Waals surface area (Å²) in [6.45, 7) is 0.477. The first-order valence-corrected chi connectivity index (χ1v) is 9.88. The number of aryl methyl sites for hydroxylation is 1. The first-order valence-electron chi connectivity index (χ1n) is 9.88. The lowest BCUT2D eigenvalue weighted by Gasteiger charge is -2.11. The third kappa shape index (κ3) is 6.26. The summed E-state index contributed by atoms with van der Waals surface area (Å²) >= 11 is 0. The predicted molar refractivity (Wildman–Crippen MR) is 119 cm³/mol. The second kappa shape index (κ2) is 10.7. The lowest BCUT2D eigenvalue weighted by molar-refractivity contribution is -0.116. The number of methoxy groups -OCH3 is 2. The van der Waals surface area contributed by atoms with Crippen molar-refractivity contribution in [1.82, 2.24) is 9.55 Å². The summed E-state index contributed by atoms with van der Waals surface area (Å²) in [6, 6.07) is 10.5. The van der Waals surface area contributed by atoms with Crippen molar-refractivity contribution in [1.29, 1.82) is 0 Å². The van der Waals surface area contributed by atoms with E-state index in [0.29, 0.717) is 12.2 Å². The highest BCUT2D eigenvalue weighted by atomic mass is 16.5. The molecule has 3 rings (SSSR count). The maximum Gasteiger partial charge on any atom is 0.337 e. The standard InChI is InChI=1S/C23H22N4O6/c1-32-22(30)16-10-17(23(31)33-2)13-19(12-16)26-21(29)15-4-3-5-18(11-15)25-20(28)6-8-27-9-7-24-14-27/h3-5,7,9-14H,6,8H2,1-2H3,(H,25,28)(H,26,29). The van der Waals surface area contributed by atoms with Gasteiger partial charge in [0.25, 0.3) is 5.91 Å². The van der Waals surface area contributed by atoms with E-state index >= 15 is 0 Å². The maximum absolute atomic E-state index is 12.8. The average molecular weight is 450 g/mol. The van der Waals surface area contributed by atoms with E-state index in [2.05, 4.69) is 15.6 Å². The van der Waals surface area contributed by atoms with Gasteiger partial charge in [0.1, 0.15) is 0 Å². The Morgan fingerprint density at radius 1 is 0.879 bits per heavy atom. The molecule has 1 aromatic heterocycles. The molecule has 0 bridgehead atoms. The minimum Gasteiger partial charge on any atom is -0.465 e. The Morgan fingerprint density at radius 2 is 1.55 bits per heavy atom. The molecule has 2 aromatic carbocycles. The Kier molecular flexibility index (Phi) is 7.53. The molecule has 0 atom stereocenters. The van der Waals surface area contributed by atoms with Crippen LogP contribution in [0.5, 0.6) is 0 Å². The zero-order valence-electron chi connectivity index (χ0n) is 18.0. The van der Waals surface area contributed by atoms with E-state index < -0.39 is 17.8 Å². The molecule has 0 spiro atoms. The Hall–Kier alpha value is -4.47. The van der Waals surface area contributed by atoms with Crippen LogP contribution in [0.4, 0.5) is 11.4 Å². The van der Waals surface area contributed by atoms with Crippen LogP contribution in [-0.4, -0.2) is 47.5 Å². The molecule has 2 N–H and O–H groups in total. The molecule has 0 unspecified atom stereocenters. The average Bonchev–Trinajstić information content (AvgIpc) is 3.35. The van der Waals surface area contributed by atoms with Crippen LogP contribution >= 0.6 is 0 Å². The Bertz CT molecular complexity index is 1140. The quantitative estimate of drug-likeness (QED) is 0.505. The number of anilines is 2. The lowest BCUT2D eigenvalue weighted by Crippen LogP contribution is -2.16. The highest BCUT2D eigenvalue weighted by Gasteiger charge is 2.16. The molecule has 0 aliphatic rings. The number of carbonyl (C=O) groups excluding carboxylic acids is 4. The molecule has 10 heteroatoms. The van der Waals surface area contributed by atoms with Crippen molar-refractivity contribution in [3.63, 3.8) is 0 Å². The Labute approximate surface area is 189 Å². The molecule has 0 radical (unpaired) electrons. The van der Waals surface area contributed by atoms with Crippen molar-refractivity contribution in [2.45, 2.75) is 13.0 Å². The summed E-state index contributed by atoms with van der Waals surface area (Å²) in [4.78, 5) is 52.8. The second-order valence-corrected chi connectivity index (χ2v) is 6.92. The van der Waals surface area contributed by atoms with E-state index in [1.165, 1.54) is 38.5 Å². The number of hydrogen-bond donors (Lipinski definition) is 2. The van der Waals surface area contributed by atoms with Gasteiger partial charge in [-0.25, -0.2) is 14.6 Å². The summed E-state index contributed by atoms with van der Waals surface area (Å²) in [5, 5.41) is 5.40. The first kappa shape index (κ1) is 23.2. The number of aromatic nitrogens is 2. The van der Waals surface area contributed by atoms with Gasteiger partial charge < -0.3 is 24.7 Å². The van der Waals surface area contributed by atoms with Gasteiger partial charge in [-0.15, -0.1) is 0 Å². The first-order chi connectivity index (χ1) is 15.9. The molecule has 0 aliphatic carbocycles. The Morgan fingerprint density at radius 3 is 2.15 bits per heavy atom. The summed E-state index contributed by atoms with van der Waals surface area (Å²) < 4.78 is 11.2. The molecule has 0 saturated carbocycles.